The van der Waals surface area contributed by atoms with Crippen molar-refractivity contribution in [3.8, 4) is 0 Å². The number of carbonyl (C=O) groups is 2. The Kier molecular flexibility index (Phi) is 5.55. The highest BCUT2D eigenvalue weighted by molar-refractivity contribution is 5.82. The number of alkyl halides is 3. The molecule has 1 aliphatic carbocycles. The van der Waals surface area contributed by atoms with Crippen molar-refractivity contribution in [3.63, 3.8) is 0 Å². The van der Waals surface area contributed by atoms with Crippen LogP contribution in [0.25, 0.3) is 0 Å². The molecule has 8 heteroatoms. The summed E-state index contributed by atoms with van der Waals surface area (Å²) in [5, 5.41) is 0. The Morgan fingerprint density at radius 3 is 2.08 bits per heavy atom. The molecule has 2 atom stereocenters. The molecule has 5 nitrogen and oxygen atoms in total. The van der Waals surface area contributed by atoms with Gasteiger partial charge in [0, 0.05) is 25.7 Å². The van der Waals surface area contributed by atoms with E-state index >= 15 is 0 Å². The summed E-state index contributed by atoms with van der Waals surface area (Å²) < 4.78 is 44.2. The molecule has 1 heterocycles. The van der Waals surface area contributed by atoms with Gasteiger partial charge >= 0.3 is 18.2 Å². The molecule has 0 aromatic carbocycles. The lowest BCUT2D eigenvalue weighted by Gasteiger charge is -2.42. The van der Waals surface area contributed by atoms with Gasteiger partial charge in [-0.05, 0) is 51.4 Å². The second kappa shape index (κ2) is 6.93. The highest BCUT2D eigenvalue weighted by atomic mass is 19.4. The minimum absolute atomic E-state index is 0.0719. The lowest BCUT2D eigenvalue weighted by Crippen LogP contribution is -2.51. The molecule has 0 N–H and O–H groups in total. The second-order valence-electron chi connectivity index (χ2n) is 8.99. The molecule has 2 rings (SSSR count). The average Bonchev–Trinajstić information content (AvgIpc) is 3.19. The first kappa shape index (κ1) is 20.8. The van der Waals surface area contributed by atoms with E-state index in [9.17, 15) is 22.8 Å². The number of rotatable bonds is 3. The van der Waals surface area contributed by atoms with Gasteiger partial charge in [-0.15, -0.1) is 0 Å². The zero-order valence-electron chi connectivity index (χ0n) is 16.2. The average molecular weight is 378 g/mol. The van der Waals surface area contributed by atoms with Crippen molar-refractivity contribution in [2.75, 3.05) is 19.6 Å². The molecule has 1 saturated heterocycles. The summed E-state index contributed by atoms with van der Waals surface area (Å²) in [5.41, 5.74) is -1.03. The van der Waals surface area contributed by atoms with E-state index in [1.54, 1.807) is 25.7 Å². The lowest BCUT2D eigenvalue weighted by atomic mass is 9.79. The monoisotopic (exact) mass is 378 g/mol. The fourth-order valence-corrected chi connectivity index (χ4v) is 3.36. The SMILES string of the molecule is C[C@@H]1C[C@H]1N(CC1(C)CCN(C(=O)OC(C)(C)C)CC1)C(=O)C(F)(F)F. The molecule has 0 aromatic rings. The van der Waals surface area contributed by atoms with Crippen molar-refractivity contribution in [1.82, 2.24) is 9.80 Å². The Morgan fingerprint density at radius 2 is 1.69 bits per heavy atom. The Morgan fingerprint density at radius 1 is 1.19 bits per heavy atom. The van der Waals surface area contributed by atoms with Crippen molar-refractivity contribution < 1.29 is 27.5 Å². The number of amides is 2. The van der Waals surface area contributed by atoms with Gasteiger partial charge in [-0.1, -0.05) is 13.8 Å². The fraction of sp³-hybridized carbons (Fsp3) is 0.889. The van der Waals surface area contributed by atoms with Gasteiger partial charge in [0.15, 0.2) is 0 Å². The van der Waals surface area contributed by atoms with Crippen LogP contribution in [-0.4, -0.2) is 59.3 Å². The molecule has 2 aliphatic rings. The Balaban J connectivity index is 1.98. The molecule has 150 valence electrons. The number of ether oxygens (including phenoxy) is 1. The van der Waals surface area contributed by atoms with Crippen molar-refractivity contribution >= 4 is 12.0 Å². The number of carbonyl (C=O) groups excluding carboxylic acids is 2. The largest absolute Gasteiger partial charge is 0.471 e. The summed E-state index contributed by atoms with van der Waals surface area (Å²) in [7, 11) is 0. The number of hydrogen-bond donors (Lipinski definition) is 0. The van der Waals surface area contributed by atoms with Crippen LogP contribution in [0.3, 0.4) is 0 Å². The Bertz CT molecular complexity index is 549. The summed E-state index contributed by atoms with van der Waals surface area (Å²) in [4.78, 5) is 26.6. The first-order valence-corrected chi connectivity index (χ1v) is 9.08. The second-order valence-corrected chi connectivity index (χ2v) is 8.99. The number of halogens is 3. The molecule has 0 spiro atoms. The predicted octanol–water partition coefficient (Wildman–Crippen LogP) is 3.82. The molecule has 26 heavy (non-hydrogen) atoms. The summed E-state index contributed by atoms with van der Waals surface area (Å²) in [6.45, 7) is 10.0. The maximum Gasteiger partial charge on any atom is 0.471 e. The van der Waals surface area contributed by atoms with Crippen LogP contribution in [0.1, 0.15) is 53.9 Å². The molecule has 1 aliphatic heterocycles. The van der Waals surface area contributed by atoms with Crippen LogP contribution in [0.5, 0.6) is 0 Å². The third-order valence-electron chi connectivity index (χ3n) is 5.14. The zero-order valence-corrected chi connectivity index (χ0v) is 16.2. The molecule has 0 unspecified atom stereocenters. The number of hydrogen-bond acceptors (Lipinski definition) is 3. The van der Waals surface area contributed by atoms with E-state index < -0.39 is 29.2 Å². The number of nitrogens with zero attached hydrogens (tertiary/aromatic N) is 2. The van der Waals surface area contributed by atoms with E-state index in [1.807, 2.05) is 13.8 Å². The fourth-order valence-electron chi connectivity index (χ4n) is 3.36. The van der Waals surface area contributed by atoms with Gasteiger partial charge in [-0.3, -0.25) is 4.79 Å². The van der Waals surface area contributed by atoms with Gasteiger partial charge in [0.25, 0.3) is 0 Å². The van der Waals surface area contributed by atoms with Gasteiger partial charge in [-0.2, -0.15) is 13.2 Å². The number of piperidine rings is 1. The van der Waals surface area contributed by atoms with E-state index in [-0.39, 0.29) is 18.5 Å². The van der Waals surface area contributed by atoms with Gasteiger partial charge in [0.2, 0.25) is 0 Å². The van der Waals surface area contributed by atoms with E-state index in [2.05, 4.69) is 0 Å². The summed E-state index contributed by atoms with van der Waals surface area (Å²) >= 11 is 0. The maximum absolute atomic E-state index is 13.0. The van der Waals surface area contributed by atoms with Crippen molar-refractivity contribution in [2.45, 2.75) is 71.7 Å². The van der Waals surface area contributed by atoms with Crippen LogP contribution in [0, 0.1) is 11.3 Å². The van der Waals surface area contributed by atoms with E-state index in [0.717, 1.165) is 4.90 Å². The zero-order chi connectivity index (χ0) is 19.9. The Hall–Kier alpha value is -1.47. The Labute approximate surface area is 152 Å². The molecular weight excluding hydrogens is 349 g/mol. The van der Waals surface area contributed by atoms with Crippen molar-refractivity contribution in [2.24, 2.45) is 11.3 Å². The van der Waals surface area contributed by atoms with Gasteiger partial charge in [0.1, 0.15) is 5.60 Å². The standard InChI is InChI=1S/C18H29F3N2O3/c1-12-10-13(12)23(14(24)18(19,20)21)11-17(5)6-8-22(9-7-17)15(25)26-16(2,3)4/h12-13H,6-11H2,1-5H3/t12-,13-/m1/s1. The summed E-state index contributed by atoms with van der Waals surface area (Å²) in [5.74, 6) is -1.64. The molecule has 1 saturated carbocycles. The minimum Gasteiger partial charge on any atom is -0.444 e. The van der Waals surface area contributed by atoms with Crippen LogP contribution < -0.4 is 0 Å². The van der Waals surface area contributed by atoms with Crippen molar-refractivity contribution in [3.05, 3.63) is 0 Å². The van der Waals surface area contributed by atoms with Gasteiger partial charge in [0.05, 0.1) is 0 Å². The van der Waals surface area contributed by atoms with E-state index in [4.69, 9.17) is 4.74 Å². The molecule has 2 amide bonds. The number of likely N-dealkylation sites (tertiary alicyclic amines) is 1. The van der Waals surface area contributed by atoms with Gasteiger partial charge in [-0.25, -0.2) is 4.79 Å². The van der Waals surface area contributed by atoms with Crippen LogP contribution in [0.15, 0.2) is 0 Å². The first-order valence-electron chi connectivity index (χ1n) is 9.08. The maximum atomic E-state index is 13.0. The molecule has 0 aromatic heterocycles. The third-order valence-corrected chi connectivity index (χ3v) is 5.14. The van der Waals surface area contributed by atoms with E-state index in [0.29, 0.717) is 32.4 Å². The van der Waals surface area contributed by atoms with Crippen molar-refractivity contribution in [1.29, 1.82) is 0 Å². The normalized spacial score (nSPS) is 25.6. The smallest absolute Gasteiger partial charge is 0.444 e. The van der Waals surface area contributed by atoms with Crippen LogP contribution in [-0.2, 0) is 9.53 Å². The molecule has 0 bridgehead atoms. The van der Waals surface area contributed by atoms with Crippen LogP contribution >= 0.6 is 0 Å². The third kappa shape index (κ3) is 5.27. The predicted molar refractivity (Wildman–Crippen MR) is 90.5 cm³/mol. The van der Waals surface area contributed by atoms with Crippen LogP contribution in [0.2, 0.25) is 0 Å². The molecular formula is C18H29F3N2O3. The summed E-state index contributed by atoms with van der Waals surface area (Å²) in [6, 6.07) is -0.329. The van der Waals surface area contributed by atoms with E-state index in [1.165, 1.54) is 0 Å². The minimum atomic E-state index is -4.85. The quantitative estimate of drug-likeness (QED) is 0.750. The molecule has 0 radical (unpaired) electrons. The topological polar surface area (TPSA) is 49.9 Å². The van der Waals surface area contributed by atoms with Gasteiger partial charge < -0.3 is 14.5 Å². The molecule has 2 fully saturated rings. The van der Waals surface area contributed by atoms with Crippen LogP contribution in [0.4, 0.5) is 18.0 Å². The first-order chi connectivity index (χ1) is 11.7. The highest BCUT2D eigenvalue weighted by Gasteiger charge is 2.51. The highest BCUT2D eigenvalue weighted by Crippen LogP contribution is 2.41. The lowest BCUT2D eigenvalue weighted by molar-refractivity contribution is -0.188. The summed E-state index contributed by atoms with van der Waals surface area (Å²) in [6.07, 6.45) is -3.57.